The normalized spacial score (nSPS) is 11.8. The molecule has 0 aliphatic carbocycles. The number of rotatable bonds is 7. The van der Waals surface area contributed by atoms with Crippen molar-refractivity contribution in [3.63, 3.8) is 0 Å². The minimum atomic E-state index is -0.387. The number of carbonyl (C=O) groups excluding carboxylic acids is 1. The first-order valence-corrected chi connectivity index (χ1v) is 9.64. The van der Waals surface area contributed by atoms with E-state index >= 15 is 0 Å². The van der Waals surface area contributed by atoms with Gasteiger partial charge in [0.1, 0.15) is 0 Å². The average Bonchev–Trinajstić information content (AvgIpc) is 3.23. The zero-order valence-corrected chi connectivity index (χ0v) is 17.5. The Morgan fingerprint density at radius 3 is 2.77 bits per heavy atom. The Morgan fingerprint density at radius 2 is 1.97 bits per heavy atom. The lowest BCUT2D eigenvalue weighted by Crippen LogP contribution is -2.48. The highest BCUT2D eigenvalue weighted by molar-refractivity contribution is 7.80. The number of nitrogens with one attached hydrogen (secondary N) is 3. The van der Waals surface area contributed by atoms with Crippen LogP contribution in [0.25, 0.3) is 6.08 Å². The predicted molar refractivity (Wildman–Crippen MR) is 116 cm³/mol. The first-order chi connectivity index (χ1) is 14.6. The van der Waals surface area contributed by atoms with Crippen molar-refractivity contribution in [3.05, 3.63) is 53.6 Å². The third kappa shape index (κ3) is 5.77. The first kappa shape index (κ1) is 21.3. The minimum absolute atomic E-state index is 0.197. The van der Waals surface area contributed by atoms with Crippen LogP contribution in [0.5, 0.6) is 23.0 Å². The van der Waals surface area contributed by atoms with Gasteiger partial charge in [-0.15, -0.1) is 0 Å². The number of fused-ring (bicyclic) bond motifs is 1. The van der Waals surface area contributed by atoms with Gasteiger partial charge in [-0.2, -0.15) is 0 Å². The summed E-state index contributed by atoms with van der Waals surface area (Å²) in [5, 5.41) is 3.27. The molecular formula is C21H23N3O5S. The number of hydrazine groups is 1. The summed E-state index contributed by atoms with van der Waals surface area (Å²) in [6.45, 7) is 2.43. The van der Waals surface area contributed by atoms with Gasteiger partial charge < -0.3 is 24.3 Å². The van der Waals surface area contributed by atoms with E-state index in [1.807, 2.05) is 49.4 Å². The van der Waals surface area contributed by atoms with E-state index in [1.165, 1.54) is 0 Å². The van der Waals surface area contributed by atoms with Gasteiger partial charge in [0, 0.05) is 6.54 Å². The van der Waals surface area contributed by atoms with Crippen molar-refractivity contribution in [1.29, 1.82) is 0 Å². The molecule has 0 radical (unpaired) electrons. The van der Waals surface area contributed by atoms with E-state index in [9.17, 15) is 4.79 Å². The Balaban J connectivity index is 1.40. The maximum atomic E-state index is 12.0. The fourth-order valence-corrected chi connectivity index (χ4v) is 2.81. The highest BCUT2D eigenvalue weighted by Gasteiger charge is 2.13. The van der Waals surface area contributed by atoms with Gasteiger partial charge in [0.2, 0.25) is 6.79 Å². The molecule has 8 nitrogen and oxygen atoms in total. The summed E-state index contributed by atoms with van der Waals surface area (Å²) in [6.07, 6.45) is 3.87. The lowest BCUT2D eigenvalue weighted by Gasteiger charge is -2.13. The Bertz CT molecular complexity index is 948. The van der Waals surface area contributed by atoms with Gasteiger partial charge in [-0.25, -0.2) is 0 Å². The van der Waals surface area contributed by atoms with E-state index in [0.717, 1.165) is 16.9 Å². The van der Waals surface area contributed by atoms with E-state index in [0.29, 0.717) is 23.8 Å². The number of benzene rings is 2. The summed E-state index contributed by atoms with van der Waals surface area (Å²) < 4.78 is 21.5. The second-order valence-corrected chi connectivity index (χ2v) is 6.65. The summed E-state index contributed by atoms with van der Waals surface area (Å²) in [4.78, 5) is 12.0. The van der Waals surface area contributed by atoms with Crippen molar-refractivity contribution in [2.24, 2.45) is 0 Å². The monoisotopic (exact) mass is 429 g/mol. The van der Waals surface area contributed by atoms with Crippen LogP contribution in [0.2, 0.25) is 0 Å². The summed E-state index contributed by atoms with van der Waals surface area (Å²) >= 11 is 5.17. The van der Waals surface area contributed by atoms with Gasteiger partial charge in [0.15, 0.2) is 34.7 Å². The van der Waals surface area contributed by atoms with Crippen molar-refractivity contribution in [2.45, 2.75) is 13.5 Å². The largest absolute Gasteiger partial charge is 0.493 e. The van der Waals surface area contributed by atoms with Crippen LogP contribution in [0, 0.1) is 0 Å². The molecule has 1 aliphatic rings. The summed E-state index contributed by atoms with van der Waals surface area (Å²) in [6, 6.07) is 11.1. The number of carbonyl (C=O) groups is 1. The lowest BCUT2D eigenvalue weighted by molar-refractivity contribution is -0.123. The van der Waals surface area contributed by atoms with Crippen molar-refractivity contribution in [2.75, 3.05) is 20.5 Å². The van der Waals surface area contributed by atoms with Gasteiger partial charge in [-0.3, -0.25) is 15.6 Å². The van der Waals surface area contributed by atoms with Crippen LogP contribution in [-0.4, -0.2) is 31.5 Å². The van der Waals surface area contributed by atoms with Crippen LogP contribution in [0.3, 0.4) is 0 Å². The van der Waals surface area contributed by atoms with E-state index in [-0.39, 0.29) is 24.4 Å². The van der Waals surface area contributed by atoms with Crippen LogP contribution in [0.15, 0.2) is 42.5 Å². The molecule has 2 aromatic carbocycles. The third-order valence-corrected chi connectivity index (χ3v) is 4.36. The highest BCUT2D eigenvalue weighted by Crippen LogP contribution is 2.32. The van der Waals surface area contributed by atoms with Crippen LogP contribution in [0.1, 0.15) is 18.1 Å². The number of amides is 1. The predicted octanol–water partition coefficient (Wildman–Crippen LogP) is 2.53. The molecule has 0 spiro atoms. The number of methoxy groups -OCH3 is 1. The van der Waals surface area contributed by atoms with Gasteiger partial charge in [0.05, 0.1) is 7.11 Å². The van der Waals surface area contributed by atoms with Gasteiger partial charge >= 0.3 is 0 Å². The maximum absolute atomic E-state index is 12.0. The standard InChI is InChI=1S/C21H23N3O5S/c1-3-4-14-5-7-16(18(9-14)26-2)27-12-20(25)23-24-21(30)22-11-15-6-8-17-19(10-15)29-13-28-17/h3-10H,11-13H2,1-2H3,(H,23,25)(H2,22,24,30)/b4-3+. The number of ether oxygens (including phenoxy) is 4. The quantitative estimate of drug-likeness (QED) is 0.457. The molecule has 0 bridgehead atoms. The first-order valence-electron chi connectivity index (χ1n) is 9.24. The van der Waals surface area contributed by atoms with Crippen molar-refractivity contribution < 1.29 is 23.7 Å². The van der Waals surface area contributed by atoms with E-state index in [1.54, 1.807) is 13.2 Å². The molecule has 0 atom stereocenters. The molecule has 3 N–H and O–H groups in total. The SMILES string of the molecule is C/C=C/c1ccc(OCC(=O)NNC(=S)NCc2ccc3c(c2)OCO3)c(OC)c1. The molecule has 2 aromatic rings. The van der Waals surface area contributed by atoms with Crippen LogP contribution < -0.4 is 35.1 Å². The van der Waals surface area contributed by atoms with Crippen molar-refractivity contribution in [3.8, 4) is 23.0 Å². The van der Waals surface area contributed by atoms with E-state index in [4.69, 9.17) is 31.2 Å². The molecule has 0 saturated carbocycles. The lowest BCUT2D eigenvalue weighted by atomic mass is 10.2. The Hall–Kier alpha value is -3.46. The second kappa shape index (κ2) is 10.4. The van der Waals surface area contributed by atoms with Crippen LogP contribution >= 0.6 is 12.2 Å². The molecule has 0 unspecified atom stereocenters. The van der Waals surface area contributed by atoms with Crippen LogP contribution in [0.4, 0.5) is 0 Å². The summed E-state index contributed by atoms with van der Waals surface area (Å²) in [5.41, 5.74) is 7.07. The molecular weight excluding hydrogens is 406 g/mol. The number of hydrogen-bond donors (Lipinski definition) is 3. The fraction of sp³-hybridized carbons (Fsp3) is 0.238. The maximum Gasteiger partial charge on any atom is 0.276 e. The summed E-state index contributed by atoms with van der Waals surface area (Å²) in [7, 11) is 1.55. The molecule has 9 heteroatoms. The Labute approximate surface area is 180 Å². The van der Waals surface area contributed by atoms with E-state index < -0.39 is 0 Å². The molecule has 1 aliphatic heterocycles. The number of thiocarbonyl (C=S) groups is 1. The third-order valence-electron chi connectivity index (χ3n) is 4.11. The molecule has 3 rings (SSSR count). The molecule has 1 amide bonds. The van der Waals surface area contributed by atoms with Gasteiger partial charge in [0.25, 0.3) is 5.91 Å². The topological polar surface area (TPSA) is 90.1 Å². The molecule has 30 heavy (non-hydrogen) atoms. The Kier molecular flexibility index (Phi) is 7.34. The molecule has 0 saturated heterocycles. The molecule has 0 aromatic heterocycles. The average molecular weight is 429 g/mol. The summed E-state index contributed by atoms with van der Waals surface area (Å²) in [5.74, 6) is 2.06. The number of allylic oxidation sites excluding steroid dienone is 1. The molecule has 158 valence electrons. The Morgan fingerprint density at radius 1 is 1.13 bits per heavy atom. The molecule has 0 fully saturated rings. The van der Waals surface area contributed by atoms with Crippen LogP contribution in [-0.2, 0) is 11.3 Å². The van der Waals surface area contributed by atoms with E-state index in [2.05, 4.69) is 16.2 Å². The smallest absolute Gasteiger partial charge is 0.276 e. The second-order valence-electron chi connectivity index (χ2n) is 6.24. The van der Waals surface area contributed by atoms with Gasteiger partial charge in [-0.1, -0.05) is 24.3 Å². The van der Waals surface area contributed by atoms with Gasteiger partial charge in [-0.05, 0) is 54.5 Å². The van der Waals surface area contributed by atoms with Crippen molar-refractivity contribution in [1.82, 2.24) is 16.2 Å². The number of hydrogen-bond acceptors (Lipinski definition) is 6. The zero-order valence-electron chi connectivity index (χ0n) is 16.7. The van der Waals surface area contributed by atoms with Crippen molar-refractivity contribution >= 4 is 29.3 Å². The zero-order chi connectivity index (χ0) is 21.3. The highest BCUT2D eigenvalue weighted by atomic mass is 32.1. The fourth-order valence-electron chi connectivity index (χ4n) is 2.68. The molecule has 1 heterocycles. The minimum Gasteiger partial charge on any atom is -0.493 e.